The number of amides is 1. The number of rotatable bonds is 3. The maximum atomic E-state index is 12.4. The van der Waals surface area contributed by atoms with Gasteiger partial charge in [0.15, 0.2) is 5.57 Å². The maximum absolute atomic E-state index is 12.4. The van der Waals surface area contributed by atoms with Crippen LogP contribution in [0.4, 0.5) is 18.9 Å². The van der Waals surface area contributed by atoms with Crippen molar-refractivity contribution in [1.29, 1.82) is 5.26 Å². The number of halogens is 3. The van der Waals surface area contributed by atoms with Gasteiger partial charge in [0.05, 0.1) is 5.56 Å². The van der Waals surface area contributed by atoms with E-state index in [2.05, 4.69) is 5.32 Å². The second kappa shape index (κ2) is 6.31. The first-order valence-electron chi connectivity index (χ1n) is 5.98. The fourth-order valence-corrected chi connectivity index (χ4v) is 1.45. The first-order valence-corrected chi connectivity index (χ1v) is 5.98. The van der Waals surface area contributed by atoms with E-state index >= 15 is 0 Å². The number of nitrogens with zero attached hydrogens (tertiary/aromatic N) is 1. The Balaban J connectivity index is 2.94. The highest BCUT2D eigenvalue weighted by Gasteiger charge is 2.30. The third-order valence-corrected chi connectivity index (χ3v) is 2.61. The molecule has 0 heterocycles. The van der Waals surface area contributed by atoms with Crippen LogP contribution in [0.1, 0.15) is 19.4 Å². The molecule has 0 spiro atoms. The monoisotopic (exact) mass is 298 g/mol. The van der Waals surface area contributed by atoms with Crippen LogP contribution in [0.5, 0.6) is 0 Å². The van der Waals surface area contributed by atoms with Gasteiger partial charge in [-0.05, 0) is 24.3 Å². The predicted molar refractivity (Wildman–Crippen MR) is 70.2 cm³/mol. The molecule has 112 valence electrons. The number of nitrogens with one attached hydrogen (secondary N) is 1. The summed E-state index contributed by atoms with van der Waals surface area (Å²) in [4.78, 5) is 11.8. The zero-order chi connectivity index (χ0) is 16.2. The molecule has 0 bridgehead atoms. The van der Waals surface area contributed by atoms with Gasteiger partial charge in [0.1, 0.15) is 11.8 Å². The summed E-state index contributed by atoms with van der Waals surface area (Å²) in [6, 6.07) is 5.35. The van der Waals surface area contributed by atoms with Gasteiger partial charge in [-0.25, -0.2) is 0 Å². The van der Waals surface area contributed by atoms with Crippen LogP contribution in [-0.4, -0.2) is 11.0 Å². The van der Waals surface area contributed by atoms with Crippen molar-refractivity contribution >= 4 is 11.6 Å². The average molecular weight is 298 g/mol. The highest BCUT2D eigenvalue weighted by Crippen LogP contribution is 2.29. The van der Waals surface area contributed by atoms with Crippen LogP contribution < -0.4 is 5.32 Å². The van der Waals surface area contributed by atoms with E-state index in [-0.39, 0.29) is 11.4 Å². The molecule has 0 aliphatic heterocycles. The van der Waals surface area contributed by atoms with E-state index in [1.54, 1.807) is 19.9 Å². The maximum Gasteiger partial charge on any atom is 0.416 e. The molecule has 0 saturated carbocycles. The molecule has 7 heteroatoms. The van der Waals surface area contributed by atoms with E-state index in [9.17, 15) is 23.1 Å². The SMILES string of the molecule is CC(C)/C(O)=C(\C#N)C(=O)Nc1ccc(C(F)(F)F)cc1. The van der Waals surface area contributed by atoms with Gasteiger partial charge in [-0.2, -0.15) is 18.4 Å². The van der Waals surface area contributed by atoms with Gasteiger partial charge in [0.25, 0.3) is 5.91 Å². The number of alkyl halides is 3. The minimum atomic E-state index is -4.46. The molecule has 1 rings (SSSR count). The Kier molecular flexibility index (Phi) is 4.97. The third kappa shape index (κ3) is 4.24. The molecule has 0 fully saturated rings. The molecule has 1 aromatic rings. The minimum Gasteiger partial charge on any atom is -0.510 e. The molecular weight excluding hydrogens is 285 g/mol. The normalized spacial score (nSPS) is 12.6. The highest BCUT2D eigenvalue weighted by molar-refractivity contribution is 6.06. The predicted octanol–water partition coefficient (Wildman–Crippen LogP) is 3.64. The smallest absolute Gasteiger partial charge is 0.416 e. The molecule has 0 atom stereocenters. The largest absolute Gasteiger partial charge is 0.510 e. The van der Waals surface area contributed by atoms with Crippen molar-refractivity contribution in [2.24, 2.45) is 5.92 Å². The summed E-state index contributed by atoms with van der Waals surface area (Å²) in [7, 11) is 0. The Bertz CT molecular complexity index is 596. The number of aliphatic hydroxyl groups is 1. The van der Waals surface area contributed by atoms with E-state index in [4.69, 9.17) is 5.26 Å². The van der Waals surface area contributed by atoms with Crippen LogP contribution in [0.3, 0.4) is 0 Å². The summed E-state index contributed by atoms with van der Waals surface area (Å²) in [5.74, 6) is -1.66. The van der Waals surface area contributed by atoms with Gasteiger partial charge in [0.2, 0.25) is 0 Å². The van der Waals surface area contributed by atoms with Crippen LogP contribution in [0.15, 0.2) is 35.6 Å². The lowest BCUT2D eigenvalue weighted by molar-refractivity contribution is -0.137. The molecule has 2 N–H and O–H groups in total. The number of nitriles is 1. The zero-order valence-electron chi connectivity index (χ0n) is 11.3. The first kappa shape index (κ1) is 16.6. The summed E-state index contributed by atoms with van der Waals surface area (Å²) in [5.41, 5.74) is -1.22. The molecule has 0 aliphatic rings. The number of allylic oxidation sites excluding steroid dienone is 1. The van der Waals surface area contributed by atoms with Crippen molar-refractivity contribution in [2.75, 3.05) is 5.32 Å². The van der Waals surface area contributed by atoms with Crippen LogP contribution in [0.2, 0.25) is 0 Å². The number of anilines is 1. The van der Waals surface area contributed by atoms with Crippen molar-refractivity contribution in [3.05, 3.63) is 41.2 Å². The van der Waals surface area contributed by atoms with Gasteiger partial charge < -0.3 is 10.4 Å². The Morgan fingerprint density at radius 2 is 1.81 bits per heavy atom. The standard InChI is InChI=1S/C14H13F3N2O2/c1-8(2)12(20)11(7-18)13(21)19-10-5-3-9(4-6-10)14(15,16)17/h3-6,8,20H,1-2H3,(H,19,21)/b12-11-. The van der Waals surface area contributed by atoms with Crippen molar-refractivity contribution < 1.29 is 23.1 Å². The molecule has 0 radical (unpaired) electrons. The van der Waals surface area contributed by atoms with Gasteiger partial charge in [-0.3, -0.25) is 4.79 Å². The average Bonchev–Trinajstić information content (AvgIpc) is 2.38. The summed E-state index contributed by atoms with van der Waals surface area (Å²) in [6.45, 7) is 3.19. The molecule has 0 unspecified atom stereocenters. The number of aliphatic hydroxyl groups excluding tert-OH is 1. The fraction of sp³-hybridized carbons (Fsp3) is 0.286. The Morgan fingerprint density at radius 3 is 2.19 bits per heavy atom. The van der Waals surface area contributed by atoms with Crippen LogP contribution >= 0.6 is 0 Å². The van der Waals surface area contributed by atoms with Crippen molar-refractivity contribution in [2.45, 2.75) is 20.0 Å². The molecule has 0 aliphatic carbocycles. The summed E-state index contributed by atoms with van der Waals surface area (Å²) in [6.07, 6.45) is -4.46. The lowest BCUT2D eigenvalue weighted by Crippen LogP contribution is -2.17. The molecule has 0 aromatic heterocycles. The number of hydrogen-bond donors (Lipinski definition) is 2. The van der Waals surface area contributed by atoms with Crippen LogP contribution in [0.25, 0.3) is 0 Å². The summed E-state index contributed by atoms with van der Waals surface area (Å²) < 4.78 is 37.2. The number of benzene rings is 1. The Labute approximate surface area is 119 Å². The quantitative estimate of drug-likeness (QED) is 0.508. The number of hydrogen-bond acceptors (Lipinski definition) is 3. The topological polar surface area (TPSA) is 73.1 Å². The highest BCUT2D eigenvalue weighted by atomic mass is 19.4. The van der Waals surface area contributed by atoms with Gasteiger partial charge in [0, 0.05) is 11.6 Å². The van der Waals surface area contributed by atoms with E-state index in [0.717, 1.165) is 24.3 Å². The molecule has 4 nitrogen and oxygen atoms in total. The van der Waals surface area contributed by atoms with Crippen LogP contribution in [-0.2, 0) is 11.0 Å². The summed E-state index contributed by atoms with van der Waals surface area (Å²) in [5, 5.41) is 20.8. The number of carbonyl (C=O) groups excluding carboxylic acids is 1. The van der Waals surface area contributed by atoms with Crippen LogP contribution in [0, 0.1) is 17.2 Å². The molecule has 1 aromatic carbocycles. The third-order valence-electron chi connectivity index (χ3n) is 2.61. The molecule has 0 saturated heterocycles. The second-order valence-corrected chi connectivity index (χ2v) is 4.56. The van der Waals surface area contributed by atoms with Gasteiger partial charge in [-0.1, -0.05) is 13.8 Å². The summed E-state index contributed by atoms with van der Waals surface area (Å²) >= 11 is 0. The minimum absolute atomic E-state index is 0.0947. The number of carbonyl (C=O) groups is 1. The Morgan fingerprint density at radius 1 is 1.29 bits per heavy atom. The molecule has 1 amide bonds. The molecule has 21 heavy (non-hydrogen) atoms. The van der Waals surface area contributed by atoms with E-state index in [1.807, 2.05) is 0 Å². The van der Waals surface area contributed by atoms with E-state index < -0.39 is 29.1 Å². The molecular formula is C14H13F3N2O2. The second-order valence-electron chi connectivity index (χ2n) is 4.56. The first-order chi connectivity index (χ1) is 9.66. The van der Waals surface area contributed by atoms with Gasteiger partial charge in [-0.15, -0.1) is 0 Å². The van der Waals surface area contributed by atoms with E-state index in [1.165, 1.54) is 0 Å². The Hall–Kier alpha value is -2.49. The lowest BCUT2D eigenvalue weighted by atomic mass is 10.1. The lowest BCUT2D eigenvalue weighted by Gasteiger charge is -2.10. The van der Waals surface area contributed by atoms with Crippen molar-refractivity contribution in [3.8, 4) is 6.07 Å². The van der Waals surface area contributed by atoms with E-state index in [0.29, 0.717) is 0 Å². The van der Waals surface area contributed by atoms with Gasteiger partial charge >= 0.3 is 6.18 Å². The fourth-order valence-electron chi connectivity index (χ4n) is 1.45. The van der Waals surface area contributed by atoms with Crippen molar-refractivity contribution in [1.82, 2.24) is 0 Å². The zero-order valence-corrected chi connectivity index (χ0v) is 11.3. The van der Waals surface area contributed by atoms with Crippen molar-refractivity contribution in [3.63, 3.8) is 0 Å².